The third-order valence-corrected chi connectivity index (χ3v) is 10.9. The van der Waals surface area contributed by atoms with Crippen molar-refractivity contribution in [3.8, 4) is 0 Å². The van der Waals surface area contributed by atoms with E-state index in [1.165, 1.54) is 25.3 Å². The molecule has 1 saturated heterocycles. The number of carboxylic acid groups (broad SMARTS) is 1. The predicted octanol–water partition coefficient (Wildman–Crippen LogP) is 3.64. The van der Waals surface area contributed by atoms with Crippen LogP contribution in [0, 0.1) is 0 Å². The number of esters is 1. The van der Waals surface area contributed by atoms with Crippen LogP contribution in [0.2, 0.25) is 0 Å². The quantitative estimate of drug-likeness (QED) is 0.0843. The first-order chi connectivity index (χ1) is 32.0. The molecular formula is C47H55F3N8O9. The molecule has 0 radical (unpaired) electrons. The van der Waals surface area contributed by atoms with E-state index in [0.717, 1.165) is 11.1 Å². The molecule has 0 spiro atoms. The first-order valence-corrected chi connectivity index (χ1v) is 21.6. The zero-order chi connectivity index (χ0) is 48.5. The molecule has 1 aliphatic heterocycles. The van der Waals surface area contributed by atoms with Gasteiger partial charge in [-0.2, -0.15) is 13.2 Å². The summed E-state index contributed by atoms with van der Waals surface area (Å²) < 4.78 is 42.5. The maximum absolute atomic E-state index is 13.5. The number of benzene rings is 3. The van der Waals surface area contributed by atoms with Crippen molar-refractivity contribution in [3.63, 3.8) is 0 Å². The van der Waals surface area contributed by atoms with Crippen molar-refractivity contribution in [1.29, 1.82) is 0 Å². The minimum atomic E-state index is -5.08. The maximum atomic E-state index is 13.5. The van der Waals surface area contributed by atoms with Gasteiger partial charge < -0.3 is 35.5 Å². The summed E-state index contributed by atoms with van der Waals surface area (Å²) in [4.78, 5) is 85.0. The minimum Gasteiger partial charge on any atom is -0.475 e. The minimum absolute atomic E-state index is 0.0736. The number of hydrogen-bond donors (Lipinski definition) is 5. The Hall–Kier alpha value is -6.74. The highest BCUT2D eigenvalue weighted by Gasteiger charge is 2.38. The second kappa shape index (κ2) is 24.7. The number of methoxy groups -OCH3 is 1. The number of rotatable bonds is 13. The Morgan fingerprint density at radius 1 is 0.731 bits per heavy atom. The molecule has 5 aromatic rings. The SMILES string of the molecule is COC(=O)c1ccc2oc3nc(CNC(=O)CN4CCN(CC(=O)N[C@@H](C)c5ccccc5)CCNCCN(CC(=O)N[C@@H](C)c5ccccc5)CC4)ccc3c(=O)c2c1.O=C(O)C(F)(F)F. The van der Waals surface area contributed by atoms with Gasteiger partial charge in [-0.3, -0.25) is 33.9 Å². The molecule has 358 valence electrons. The Balaban J connectivity index is 0.00000111. The summed E-state index contributed by atoms with van der Waals surface area (Å²) in [7, 11) is 1.27. The summed E-state index contributed by atoms with van der Waals surface area (Å²) in [5.41, 5.74) is 2.84. The average molecular weight is 933 g/mol. The van der Waals surface area contributed by atoms with Crippen molar-refractivity contribution < 1.29 is 51.4 Å². The lowest BCUT2D eigenvalue weighted by Crippen LogP contribution is -2.50. The number of carboxylic acids is 1. The van der Waals surface area contributed by atoms with E-state index in [9.17, 15) is 37.1 Å². The number of aromatic nitrogens is 1. The van der Waals surface area contributed by atoms with Crippen molar-refractivity contribution in [1.82, 2.24) is 41.0 Å². The molecule has 2 aromatic heterocycles. The Bertz CT molecular complexity index is 2450. The Morgan fingerprint density at radius 2 is 1.22 bits per heavy atom. The highest BCUT2D eigenvalue weighted by molar-refractivity contribution is 5.96. The van der Waals surface area contributed by atoms with Gasteiger partial charge in [-0.15, -0.1) is 0 Å². The zero-order valence-electron chi connectivity index (χ0n) is 37.4. The number of aliphatic carboxylic acids is 1. The van der Waals surface area contributed by atoms with E-state index in [4.69, 9.17) is 19.1 Å². The molecule has 0 saturated carbocycles. The first-order valence-electron chi connectivity index (χ1n) is 21.6. The van der Waals surface area contributed by atoms with Crippen LogP contribution in [0.4, 0.5) is 13.2 Å². The lowest BCUT2D eigenvalue weighted by atomic mass is 10.1. The van der Waals surface area contributed by atoms with Crippen molar-refractivity contribution in [2.75, 3.05) is 79.1 Å². The smallest absolute Gasteiger partial charge is 0.475 e. The van der Waals surface area contributed by atoms with Gasteiger partial charge in [-0.05, 0) is 55.3 Å². The molecule has 0 unspecified atom stereocenters. The maximum Gasteiger partial charge on any atom is 0.490 e. The number of nitrogens with zero attached hydrogens (tertiary/aromatic N) is 4. The number of hydrogen-bond acceptors (Lipinski definition) is 13. The third-order valence-electron chi connectivity index (χ3n) is 10.9. The molecule has 3 aromatic carbocycles. The predicted molar refractivity (Wildman–Crippen MR) is 243 cm³/mol. The molecule has 0 aliphatic carbocycles. The highest BCUT2D eigenvalue weighted by Crippen LogP contribution is 2.20. The molecule has 3 heterocycles. The van der Waals surface area contributed by atoms with Crippen LogP contribution in [-0.4, -0.2) is 140 Å². The average Bonchev–Trinajstić information content (AvgIpc) is 3.30. The summed E-state index contributed by atoms with van der Waals surface area (Å²) in [6.07, 6.45) is -5.08. The van der Waals surface area contributed by atoms with Crippen LogP contribution in [0.15, 0.2) is 100 Å². The van der Waals surface area contributed by atoms with Gasteiger partial charge in [0.2, 0.25) is 28.9 Å². The number of pyridine rings is 1. The molecule has 3 amide bonds. The van der Waals surface area contributed by atoms with Gasteiger partial charge in [0.25, 0.3) is 0 Å². The summed E-state index contributed by atoms with van der Waals surface area (Å²) in [6, 6.07) is 27.1. The molecule has 17 nitrogen and oxygen atoms in total. The van der Waals surface area contributed by atoms with Crippen molar-refractivity contribution in [2.45, 2.75) is 38.7 Å². The van der Waals surface area contributed by atoms with E-state index in [1.807, 2.05) is 79.4 Å². The summed E-state index contributed by atoms with van der Waals surface area (Å²) in [5, 5.41) is 20.3. The number of halogens is 3. The standard InChI is InChI=1S/C45H54N8O7.C2HF3O2/c1-31(33-10-6-4-7-11-33)48-41(55)29-51-20-18-46-19-21-52(30-42(56)49-32(2)34-12-8-5-9-13-34)23-25-53(24-22-51)28-40(54)47-27-36-15-16-37-43(57)38-26-35(45(58)59-3)14-17-39(38)60-44(37)50-36;3-2(4,5)1(6)7/h4-17,26,31-32,46H,18-25,27-30H2,1-3H3,(H,47,54)(H,48,55)(H,49,56);(H,6,7)/t31-,32-;/m0./s1. The molecule has 6 rings (SSSR count). The van der Waals surface area contributed by atoms with E-state index in [0.29, 0.717) is 58.1 Å². The first kappa shape index (κ1) is 51.2. The van der Waals surface area contributed by atoms with Crippen molar-refractivity contribution in [2.24, 2.45) is 0 Å². The highest BCUT2D eigenvalue weighted by atomic mass is 19.4. The Morgan fingerprint density at radius 3 is 1.72 bits per heavy atom. The van der Waals surface area contributed by atoms with Crippen LogP contribution in [0.25, 0.3) is 22.1 Å². The number of nitrogens with one attached hydrogen (secondary N) is 4. The molecule has 0 bridgehead atoms. The van der Waals surface area contributed by atoms with E-state index >= 15 is 0 Å². The number of fused-ring (bicyclic) bond motifs is 2. The summed E-state index contributed by atoms with van der Waals surface area (Å²) in [5.74, 6) is -3.71. The fourth-order valence-electron chi connectivity index (χ4n) is 7.17. The lowest BCUT2D eigenvalue weighted by molar-refractivity contribution is -0.192. The van der Waals surface area contributed by atoms with Crippen LogP contribution < -0.4 is 26.7 Å². The van der Waals surface area contributed by atoms with Gasteiger partial charge in [-0.25, -0.2) is 14.6 Å². The van der Waals surface area contributed by atoms with E-state index in [2.05, 4.69) is 36.1 Å². The molecule has 1 fully saturated rings. The molecule has 5 N–H and O–H groups in total. The van der Waals surface area contributed by atoms with Gasteiger partial charge in [0.15, 0.2) is 0 Å². The number of alkyl halides is 3. The van der Waals surface area contributed by atoms with Crippen LogP contribution in [0.1, 0.15) is 53.1 Å². The van der Waals surface area contributed by atoms with Crippen LogP contribution in [0.3, 0.4) is 0 Å². The molecule has 20 heteroatoms. The molecule has 2 atom stereocenters. The number of amides is 3. The van der Waals surface area contributed by atoms with Gasteiger partial charge in [-0.1, -0.05) is 60.7 Å². The summed E-state index contributed by atoms with van der Waals surface area (Å²) >= 11 is 0. The fraction of sp³-hybridized carbons (Fsp3) is 0.383. The van der Waals surface area contributed by atoms with Crippen molar-refractivity contribution in [3.05, 3.63) is 124 Å². The zero-order valence-corrected chi connectivity index (χ0v) is 37.4. The Kier molecular flexibility index (Phi) is 18.9. The molecule has 67 heavy (non-hydrogen) atoms. The van der Waals surface area contributed by atoms with E-state index < -0.39 is 18.1 Å². The van der Waals surface area contributed by atoms with Crippen LogP contribution in [-0.2, 0) is 30.5 Å². The summed E-state index contributed by atoms with van der Waals surface area (Å²) in [6.45, 7) is 9.13. The van der Waals surface area contributed by atoms with Gasteiger partial charge in [0.1, 0.15) is 5.58 Å². The van der Waals surface area contributed by atoms with Gasteiger partial charge in [0, 0.05) is 52.4 Å². The van der Waals surface area contributed by atoms with Crippen molar-refractivity contribution >= 4 is 51.7 Å². The van der Waals surface area contributed by atoms with Gasteiger partial charge in [0.05, 0.1) is 67.4 Å². The van der Waals surface area contributed by atoms with Gasteiger partial charge >= 0.3 is 18.1 Å². The second-order valence-electron chi connectivity index (χ2n) is 15.8. The van der Waals surface area contributed by atoms with Crippen LogP contribution in [0.5, 0.6) is 0 Å². The third kappa shape index (κ3) is 16.0. The Labute approximate surface area is 384 Å². The number of ether oxygens (including phenoxy) is 1. The monoisotopic (exact) mass is 932 g/mol. The number of carbonyl (C=O) groups is 5. The molecular weight excluding hydrogens is 878 g/mol. The normalized spacial score (nSPS) is 15.4. The largest absolute Gasteiger partial charge is 0.490 e. The lowest BCUT2D eigenvalue weighted by Gasteiger charge is -2.31. The van der Waals surface area contributed by atoms with E-state index in [-0.39, 0.29) is 89.0 Å². The topological polar surface area (TPSA) is 216 Å². The van der Waals surface area contributed by atoms with Crippen LogP contribution >= 0.6 is 0 Å². The second-order valence-corrected chi connectivity index (χ2v) is 15.8. The molecule has 1 aliphatic rings. The fourth-order valence-corrected chi connectivity index (χ4v) is 7.17. The van der Waals surface area contributed by atoms with E-state index in [1.54, 1.807) is 12.1 Å². The number of carbonyl (C=O) groups excluding carboxylic acids is 4.